The van der Waals surface area contributed by atoms with E-state index in [1.54, 1.807) is 6.07 Å². The molecule has 1 aromatic carbocycles. The van der Waals surface area contributed by atoms with Gasteiger partial charge in [-0.1, -0.05) is 18.2 Å². The van der Waals surface area contributed by atoms with Crippen LogP contribution in [0.2, 0.25) is 0 Å². The van der Waals surface area contributed by atoms with Crippen LogP contribution < -0.4 is 5.32 Å². The quantitative estimate of drug-likeness (QED) is 0.908. The van der Waals surface area contributed by atoms with E-state index in [1.807, 2.05) is 12.3 Å². The molecule has 2 fully saturated rings. The molecule has 1 aromatic heterocycles. The third-order valence-corrected chi connectivity index (χ3v) is 6.58. The van der Waals surface area contributed by atoms with E-state index >= 15 is 0 Å². The summed E-state index contributed by atoms with van der Waals surface area (Å²) in [4.78, 5) is 6.91. The minimum absolute atomic E-state index is 0.472. The summed E-state index contributed by atoms with van der Waals surface area (Å²) in [6.45, 7) is 4.94. The molecule has 0 bridgehead atoms. The summed E-state index contributed by atoms with van der Waals surface area (Å²) in [7, 11) is 0. The van der Waals surface area contributed by atoms with Gasteiger partial charge in [0.1, 0.15) is 11.8 Å². The molecule has 2 aliphatic heterocycles. The van der Waals surface area contributed by atoms with Gasteiger partial charge in [0.2, 0.25) is 0 Å². The SMILES string of the molecule is N#Cc1ccc(-c2ccc3c(c2)CC[C@H]3N2CC3(CCNCC3)C2)cn1. The zero-order valence-electron chi connectivity index (χ0n) is 15.0. The standard InChI is InChI=1S/C22H24N4/c23-12-19-4-1-18(13-25-19)16-2-5-20-17(11-16)3-6-21(20)26-14-22(15-26)7-9-24-10-8-22/h1-2,4-5,11,13,21,24H,3,6-10,14-15H2/t21-/m1/s1. The maximum atomic E-state index is 8.91. The van der Waals surface area contributed by atoms with Gasteiger partial charge < -0.3 is 5.32 Å². The third kappa shape index (κ3) is 2.63. The number of nitriles is 1. The summed E-state index contributed by atoms with van der Waals surface area (Å²) in [5.41, 5.74) is 6.39. The van der Waals surface area contributed by atoms with Crippen LogP contribution in [0.5, 0.6) is 0 Å². The zero-order valence-corrected chi connectivity index (χ0v) is 15.0. The number of likely N-dealkylation sites (tertiary alicyclic amines) is 1. The van der Waals surface area contributed by atoms with Crippen molar-refractivity contribution >= 4 is 0 Å². The van der Waals surface area contributed by atoms with Crippen molar-refractivity contribution in [1.82, 2.24) is 15.2 Å². The molecule has 26 heavy (non-hydrogen) atoms. The summed E-state index contributed by atoms with van der Waals surface area (Å²) < 4.78 is 0. The van der Waals surface area contributed by atoms with Crippen LogP contribution in [0.3, 0.4) is 0 Å². The highest BCUT2D eigenvalue weighted by molar-refractivity contribution is 5.65. The Balaban J connectivity index is 1.33. The lowest BCUT2D eigenvalue weighted by molar-refractivity contribution is -0.0512. The number of aromatic nitrogens is 1. The number of pyridine rings is 1. The summed E-state index contributed by atoms with van der Waals surface area (Å²) in [5.74, 6) is 0. The van der Waals surface area contributed by atoms with E-state index in [9.17, 15) is 0 Å². The van der Waals surface area contributed by atoms with E-state index in [-0.39, 0.29) is 0 Å². The minimum atomic E-state index is 0.472. The van der Waals surface area contributed by atoms with Gasteiger partial charge in [-0.25, -0.2) is 4.98 Å². The highest BCUT2D eigenvalue weighted by atomic mass is 15.2. The predicted molar refractivity (Wildman–Crippen MR) is 102 cm³/mol. The molecule has 2 saturated heterocycles. The van der Waals surface area contributed by atoms with Crippen molar-refractivity contribution in [2.45, 2.75) is 31.7 Å². The summed E-state index contributed by atoms with van der Waals surface area (Å²) in [6.07, 6.45) is 6.91. The van der Waals surface area contributed by atoms with Crippen molar-refractivity contribution < 1.29 is 0 Å². The number of aryl methyl sites for hydroxylation is 1. The van der Waals surface area contributed by atoms with Gasteiger partial charge in [0.05, 0.1) is 0 Å². The molecule has 0 saturated carbocycles. The van der Waals surface area contributed by atoms with Crippen LogP contribution >= 0.6 is 0 Å². The van der Waals surface area contributed by atoms with E-state index in [1.165, 1.54) is 68.6 Å². The van der Waals surface area contributed by atoms with Gasteiger partial charge in [-0.15, -0.1) is 0 Å². The van der Waals surface area contributed by atoms with Crippen LogP contribution in [0.1, 0.15) is 42.1 Å². The Bertz CT molecular complexity index is 851. The van der Waals surface area contributed by atoms with Crippen LogP contribution in [0, 0.1) is 16.7 Å². The molecule has 3 heterocycles. The molecule has 1 aliphatic carbocycles. The second kappa shape index (κ2) is 6.19. The molecule has 0 amide bonds. The number of hydrogen-bond acceptors (Lipinski definition) is 4. The van der Waals surface area contributed by atoms with Gasteiger partial charge in [0, 0.05) is 30.9 Å². The van der Waals surface area contributed by atoms with Gasteiger partial charge in [-0.2, -0.15) is 5.26 Å². The number of benzene rings is 1. The molecule has 1 atom stereocenters. The fourth-order valence-electron chi connectivity index (χ4n) is 5.09. The Kier molecular flexibility index (Phi) is 3.81. The van der Waals surface area contributed by atoms with E-state index in [0.29, 0.717) is 17.2 Å². The Morgan fingerprint density at radius 1 is 1.12 bits per heavy atom. The molecular formula is C22H24N4. The maximum absolute atomic E-state index is 8.91. The second-order valence-corrected chi connectivity index (χ2v) is 8.17. The number of nitrogens with zero attached hydrogens (tertiary/aromatic N) is 3. The van der Waals surface area contributed by atoms with Crippen molar-refractivity contribution in [3.63, 3.8) is 0 Å². The lowest BCUT2D eigenvalue weighted by atomic mass is 9.71. The zero-order chi connectivity index (χ0) is 17.6. The number of nitrogens with one attached hydrogen (secondary N) is 1. The molecular weight excluding hydrogens is 320 g/mol. The Labute approximate surface area is 154 Å². The Morgan fingerprint density at radius 2 is 1.92 bits per heavy atom. The highest BCUT2D eigenvalue weighted by Crippen LogP contribution is 2.47. The van der Waals surface area contributed by atoms with Crippen LogP contribution in [-0.2, 0) is 6.42 Å². The molecule has 3 aliphatic rings. The molecule has 1 spiro atoms. The summed E-state index contributed by atoms with van der Waals surface area (Å²) in [6, 6.07) is 13.4. The average Bonchev–Trinajstić information content (AvgIpc) is 3.09. The van der Waals surface area contributed by atoms with Crippen LogP contribution in [0.25, 0.3) is 11.1 Å². The third-order valence-electron chi connectivity index (χ3n) is 6.58. The van der Waals surface area contributed by atoms with Crippen molar-refractivity contribution in [2.75, 3.05) is 26.2 Å². The lowest BCUT2D eigenvalue weighted by Crippen LogP contribution is -2.60. The number of fused-ring (bicyclic) bond motifs is 1. The van der Waals surface area contributed by atoms with Gasteiger partial charge in [0.25, 0.3) is 0 Å². The molecule has 132 valence electrons. The van der Waals surface area contributed by atoms with Crippen LogP contribution in [0.4, 0.5) is 0 Å². The summed E-state index contributed by atoms with van der Waals surface area (Å²) >= 11 is 0. The first kappa shape index (κ1) is 16.0. The van der Waals surface area contributed by atoms with E-state index in [4.69, 9.17) is 5.26 Å². The van der Waals surface area contributed by atoms with Crippen molar-refractivity contribution in [3.8, 4) is 17.2 Å². The van der Waals surface area contributed by atoms with Gasteiger partial charge in [-0.05, 0) is 73.0 Å². The van der Waals surface area contributed by atoms with Crippen LogP contribution in [0.15, 0.2) is 36.5 Å². The normalized spacial score (nSPS) is 24.0. The van der Waals surface area contributed by atoms with E-state index in [0.717, 1.165) is 5.56 Å². The maximum Gasteiger partial charge on any atom is 0.140 e. The highest BCUT2D eigenvalue weighted by Gasteiger charge is 2.46. The first-order chi connectivity index (χ1) is 12.8. The fraction of sp³-hybridized carbons (Fsp3) is 0.455. The average molecular weight is 344 g/mol. The largest absolute Gasteiger partial charge is 0.317 e. The Hall–Kier alpha value is -2.22. The molecule has 5 rings (SSSR count). The predicted octanol–water partition coefficient (Wildman–Crippen LogP) is 3.29. The van der Waals surface area contributed by atoms with E-state index in [2.05, 4.69) is 39.5 Å². The molecule has 0 radical (unpaired) electrons. The lowest BCUT2D eigenvalue weighted by Gasteiger charge is -2.55. The van der Waals surface area contributed by atoms with E-state index < -0.39 is 0 Å². The molecule has 4 nitrogen and oxygen atoms in total. The van der Waals surface area contributed by atoms with Gasteiger partial charge >= 0.3 is 0 Å². The molecule has 1 N–H and O–H groups in total. The first-order valence-corrected chi connectivity index (χ1v) is 9.71. The minimum Gasteiger partial charge on any atom is -0.317 e. The molecule has 0 unspecified atom stereocenters. The Morgan fingerprint density at radius 3 is 2.65 bits per heavy atom. The first-order valence-electron chi connectivity index (χ1n) is 9.71. The summed E-state index contributed by atoms with van der Waals surface area (Å²) in [5, 5.41) is 12.4. The topological polar surface area (TPSA) is 52.0 Å². The second-order valence-electron chi connectivity index (χ2n) is 8.17. The van der Waals surface area contributed by atoms with Crippen LogP contribution in [-0.4, -0.2) is 36.1 Å². The van der Waals surface area contributed by atoms with Crippen molar-refractivity contribution in [1.29, 1.82) is 5.26 Å². The number of hydrogen-bond donors (Lipinski definition) is 1. The fourth-order valence-corrected chi connectivity index (χ4v) is 5.09. The van der Waals surface area contributed by atoms with Crippen molar-refractivity contribution in [2.24, 2.45) is 5.41 Å². The molecule has 4 heteroatoms. The van der Waals surface area contributed by atoms with Gasteiger partial charge in [0.15, 0.2) is 0 Å². The number of rotatable bonds is 2. The smallest absolute Gasteiger partial charge is 0.140 e. The van der Waals surface area contributed by atoms with Gasteiger partial charge in [-0.3, -0.25) is 4.90 Å². The van der Waals surface area contributed by atoms with Crippen molar-refractivity contribution in [3.05, 3.63) is 53.3 Å². The monoisotopic (exact) mass is 344 g/mol. The number of piperidine rings is 1. The molecule has 2 aromatic rings.